The third-order valence-corrected chi connectivity index (χ3v) is 5.16. The fourth-order valence-electron chi connectivity index (χ4n) is 3.93. The molecule has 28 heavy (non-hydrogen) atoms. The molecule has 6 rings (SSSR count). The molecule has 0 bridgehead atoms. The number of hydrogen-bond acceptors (Lipinski definition) is 3. The molecule has 0 atom stereocenters. The molecule has 3 heterocycles. The first-order chi connectivity index (χ1) is 13.9. The molecule has 0 spiro atoms. The summed E-state index contributed by atoms with van der Waals surface area (Å²) in [6, 6.07) is 26.6. The maximum Gasteiger partial charge on any atom is 0.161 e. The smallest absolute Gasteiger partial charge is 0.161 e. The Hall–Kier alpha value is -3.92. The zero-order valence-corrected chi connectivity index (χ0v) is 14.9. The summed E-state index contributed by atoms with van der Waals surface area (Å²) in [5.74, 6) is 1.55. The summed E-state index contributed by atoms with van der Waals surface area (Å²) in [5.41, 5.74) is 4.07. The van der Waals surface area contributed by atoms with Gasteiger partial charge in [-0.25, -0.2) is 9.97 Å². The molecule has 3 aromatic heterocycles. The van der Waals surface area contributed by atoms with Gasteiger partial charge in [-0.1, -0.05) is 48.5 Å². The van der Waals surface area contributed by atoms with Gasteiger partial charge in [-0.2, -0.15) is 0 Å². The van der Waals surface area contributed by atoms with E-state index in [2.05, 4.69) is 45.9 Å². The van der Waals surface area contributed by atoms with Crippen LogP contribution in [0, 0.1) is 0 Å². The van der Waals surface area contributed by atoms with Gasteiger partial charge in [0.25, 0.3) is 0 Å². The Balaban J connectivity index is 1.71. The number of para-hydroxylation sites is 1. The fourth-order valence-corrected chi connectivity index (χ4v) is 3.93. The number of rotatable bonds is 2. The number of hydrogen-bond donors (Lipinski definition) is 0. The lowest BCUT2D eigenvalue weighted by molar-refractivity contribution is 0.619. The van der Waals surface area contributed by atoms with E-state index in [1.54, 1.807) is 6.26 Å². The van der Waals surface area contributed by atoms with Crippen molar-refractivity contribution in [3.05, 3.63) is 91.3 Å². The van der Waals surface area contributed by atoms with Gasteiger partial charge in [-0.3, -0.25) is 4.57 Å². The second-order valence-corrected chi connectivity index (χ2v) is 6.76. The van der Waals surface area contributed by atoms with Crippen LogP contribution in [0.3, 0.4) is 0 Å². The first-order valence-electron chi connectivity index (χ1n) is 9.18. The van der Waals surface area contributed by atoms with Crippen LogP contribution in [0.15, 0.2) is 95.7 Å². The van der Waals surface area contributed by atoms with Crippen LogP contribution in [0.1, 0.15) is 0 Å². The molecular formula is C24H15N3O. The van der Waals surface area contributed by atoms with Gasteiger partial charge >= 0.3 is 0 Å². The van der Waals surface area contributed by atoms with Gasteiger partial charge < -0.3 is 4.42 Å². The van der Waals surface area contributed by atoms with E-state index in [4.69, 9.17) is 9.40 Å². The minimum atomic E-state index is 0.711. The lowest BCUT2D eigenvalue weighted by atomic mass is 10.1. The fraction of sp³-hybridized carbons (Fsp3) is 0. The van der Waals surface area contributed by atoms with Crippen LogP contribution in [0.5, 0.6) is 0 Å². The highest BCUT2D eigenvalue weighted by molar-refractivity contribution is 6.19. The largest absolute Gasteiger partial charge is 0.464 e. The Morgan fingerprint density at radius 2 is 1.61 bits per heavy atom. The van der Waals surface area contributed by atoms with E-state index in [1.807, 2.05) is 48.7 Å². The number of furan rings is 1. The standard InChI is InChI=1S/C24H15N3O/c1-2-6-17(7-3-1)24-25-14-12-21(26-24)27-19-9-5-4-8-18(19)22-20(27)11-10-16-13-15-28-23(16)22/h1-15H. The van der Waals surface area contributed by atoms with Gasteiger partial charge in [-0.05, 0) is 30.3 Å². The highest BCUT2D eigenvalue weighted by Gasteiger charge is 2.17. The van der Waals surface area contributed by atoms with E-state index in [9.17, 15) is 0 Å². The van der Waals surface area contributed by atoms with Crippen molar-refractivity contribution in [2.24, 2.45) is 0 Å². The Labute approximate surface area is 160 Å². The van der Waals surface area contributed by atoms with Crippen molar-refractivity contribution in [3.8, 4) is 17.2 Å². The second-order valence-electron chi connectivity index (χ2n) is 6.76. The Morgan fingerprint density at radius 3 is 2.54 bits per heavy atom. The Kier molecular flexibility index (Phi) is 3.14. The summed E-state index contributed by atoms with van der Waals surface area (Å²) in [4.78, 5) is 9.35. The average Bonchev–Trinajstić information content (AvgIpc) is 3.36. The molecule has 0 N–H and O–H groups in total. The summed E-state index contributed by atoms with van der Waals surface area (Å²) in [5, 5.41) is 3.36. The van der Waals surface area contributed by atoms with Crippen LogP contribution >= 0.6 is 0 Å². The van der Waals surface area contributed by atoms with Crippen molar-refractivity contribution in [1.29, 1.82) is 0 Å². The molecule has 4 nitrogen and oxygen atoms in total. The minimum absolute atomic E-state index is 0.711. The van der Waals surface area contributed by atoms with Crippen LogP contribution < -0.4 is 0 Å². The van der Waals surface area contributed by atoms with Gasteiger partial charge in [0, 0.05) is 22.5 Å². The predicted molar refractivity (Wildman–Crippen MR) is 112 cm³/mol. The van der Waals surface area contributed by atoms with Gasteiger partial charge in [0.2, 0.25) is 0 Å². The molecular weight excluding hydrogens is 346 g/mol. The van der Waals surface area contributed by atoms with Gasteiger partial charge in [-0.15, -0.1) is 0 Å². The summed E-state index contributed by atoms with van der Waals surface area (Å²) < 4.78 is 8.02. The lowest BCUT2D eigenvalue weighted by Gasteiger charge is -2.08. The summed E-state index contributed by atoms with van der Waals surface area (Å²) in [6.07, 6.45) is 3.56. The maximum atomic E-state index is 5.84. The third kappa shape index (κ3) is 2.12. The predicted octanol–water partition coefficient (Wildman–Crippen LogP) is 5.99. The molecule has 4 heteroatoms. The molecule has 0 fully saturated rings. The first kappa shape index (κ1) is 15.2. The van der Waals surface area contributed by atoms with Crippen LogP contribution in [-0.4, -0.2) is 14.5 Å². The second kappa shape index (κ2) is 5.79. The van der Waals surface area contributed by atoms with Crippen molar-refractivity contribution < 1.29 is 4.42 Å². The molecule has 0 aliphatic carbocycles. The third-order valence-electron chi connectivity index (χ3n) is 5.16. The van der Waals surface area contributed by atoms with Crippen LogP contribution in [-0.2, 0) is 0 Å². The molecule has 0 radical (unpaired) electrons. The van der Waals surface area contributed by atoms with E-state index in [0.29, 0.717) is 5.82 Å². The monoisotopic (exact) mass is 361 g/mol. The SMILES string of the molecule is c1ccc(-c2nccc(-n3c4ccccc4c4c5occc5ccc43)n2)cc1. The van der Waals surface area contributed by atoms with E-state index >= 15 is 0 Å². The highest BCUT2D eigenvalue weighted by atomic mass is 16.3. The first-order valence-corrected chi connectivity index (χ1v) is 9.18. The molecule has 3 aromatic carbocycles. The summed E-state index contributed by atoms with van der Waals surface area (Å²) in [7, 11) is 0. The van der Waals surface area contributed by atoms with Crippen LogP contribution in [0.25, 0.3) is 50.0 Å². The Morgan fingerprint density at radius 1 is 0.750 bits per heavy atom. The highest BCUT2D eigenvalue weighted by Crippen LogP contribution is 2.36. The zero-order chi connectivity index (χ0) is 18.5. The maximum absolute atomic E-state index is 5.84. The average molecular weight is 361 g/mol. The molecule has 132 valence electrons. The van der Waals surface area contributed by atoms with Gasteiger partial charge in [0.15, 0.2) is 5.82 Å². The van der Waals surface area contributed by atoms with Crippen LogP contribution in [0.4, 0.5) is 0 Å². The van der Waals surface area contributed by atoms with E-state index < -0.39 is 0 Å². The molecule has 0 unspecified atom stereocenters. The zero-order valence-electron chi connectivity index (χ0n) is 14.9. The van der Waals surface area contributed by atoms with Crippen molar-refractivity contribution in [3.63, 3.8) is 0 Å². The van der Waals surface area contributed by atoms with E-state index in [1.165, 1.54) is 0 Å². The minimum Gasteiger partial charge on any atom is -0.464 e. The summed E-state index contributed by atoms with van der Waals surface area (Å²) in [6.45, 7) is 0. The normalized spacial score (nSPS) is 11.6. The molecule has 6 aromatic rings. The summed E-state index contributed by atoms with van der Waals surface area (Å²) >= 11 is 0. The Bertz CT molecular complexity index is 1460. The van der Waals surface area contributed by atoms with Crippen molar-refractivity contribution in [2.75, 3.05) is 0 Å². The van der Waals surface area contributed by atoms with Gasteiger partial charge in [0.05, 0.1) is 22.7 Å². The molecule has 0 aliphatic rings. The van der Waals surface area contributed by atoms with E-state index in [-0.39, 0.29) is 0 Å². The number of benzene rings is 3. The topological polar surface area (TPSA) is 43.9 Å². The van der Waals surface area contributed by atoms with Crippen LogP contribution in [0.2, 0.25) is 0 Å². The molecule has 0 amide bonds. The molecule has 0 aliphatic heterocycles. The lowest BCUT2D eigenvalue weighted by Crippen LogP contribution is -2.00. The van der Waals surface area contributed by atoms with Crippen molar-refractivity contribution in [1.82, 2.24) is 14.5 Å². The molecule has 0 saturated heterocycles. The number of aromatic nitrogens is 3. The van der Waals surface area contributed by atoms with Crippen molar-refractivity contribution in [2.45, 2.75) is 0 Å². The molecule has 0 saturated carbocycles. The van der Waals surface area contributed by atoms with Gasteiger partial charge in [0.1, 0.15) is 11.4 Å². The number of nitrogens with zero attached hydrogens (tertiary/aromatic N) is 3. The van der Waals surface area contributed by atoms with Crippen molar-refractivity contribution >= 4 is 32.8 Å². The number of fused-ring (bicyclic) bond motifs is 5. The quantitative estimate of drug-likeness (QED) is 0.381. The van der Waals surface area contributed by atoms with E-state index in [0.717, 1.165) is 44.2 Å².